The van der Waals surface area contributed by atoms with Crippen LogP contribution in [0.25, 0.3) is 0 Å². The van der Waals surface area contributed by atoms with Crippen molar-refractivity contribution in [2.75, 3.05) is 32.3 Å². The zero-order valence-corrected chi connectivity index (χ0v) is 14.4. The monoisotopic (exact) mass is 358 g/mol. The third-order valence-corrected chi connectivity index (χ3v) is 3.79. The number of hydroxylamine groups is 2. The first-order chi connectivity index (χ1) is 11.4. The molecule has 0 saturated heterocycles. The van der Waals surface area contributed by atoms with Crippen molar-refractivity contribution in [2.45, 2.75) is 12.5 Å². The van der Waals surface area contributed by atoms with E-state index in [0.29, 0.717) is 11.5 Å². The molecular formula is C15H22N2O6S. The number of ether oxygens (including phenoxy) is 2. The maximum Gasteiger partial charge on any atom is 0.323 e. The number of phenols is 1. The van der Waals surface area contributed by atoms with Crippen molar-refractivity contribution >= 4 is 23.6 Å². The van der Waals surface area contributed by atoms with E-state index in [-0.39, 0.29) is 30.2 Å². The highest BCUT2D eigenvalue weighted by Gasteiger charge is 2.18. The van der Waals surface area contributed by atoms with Crippen LogP contribution in [-0.2, 0) is 9.53 Å². The van der Waals surface area contributed by atoms with Gasteiger partial charge < -0.3 is 20.3 Å². The third kappa shape index (κ3) is 5.91. The Hall–Kier alpha value is -1.97. The number of amides is 1. The number of esters is 1. The van der Waals surface area contributed by atoms with Crippen LogP contribution in [0.4, 0.5) is 0 Å². The van der Waals surface area contributed by atoms with E-state index in [1.54, 1.807) is 11.8 Å². The summed E-state index contributed by atoms with van der Waals surface area (Å²) in [5.41, 5.74) is 5.77. The van der Waals surface area contributed by atoms with Gasteiger partial charge in [-0.15, -0.1) is 0 Å². The van der Waals surface area contributed by atoms with Gasteiger partial charge in [0.1, 0.15) is 12.6 Å². The lowest BCUT2D eigenvalue weighted by Gasteiger charge is -2.16. The van der Waals surface area contributed by atoms with Crippen molar-refractivity contribution in [1.82, 2.24) is 5.06 Å². The number of aromatic hydroxyl groups is 1. The van der Waals surface area contributed by atoms with E-state index in [2.05, 4.69) is 0 Å². The van der Waals surface area contributed by atoms with Crippen LogP contribution in [0.2, 0.25) is 0 Å². The molecule has 0 fully saturated rings. The molecule has 1 atom stereocenters. The Labute approximate surface area is 144 Å². The molecule has 8 nitrogen and oxygen atoms in total. The van der Waals surface area contributed by atoms with Gasteiger partial charge in [-0.1, -0.05) is 0 Å². The number of hydrogen-bond donors (Lipinski definition) is 3. The molecular weight excluding hydrogens is 336 g/mol. The smallest absolute Gasteiger partial charge is 0.323 e. The fraction of sp³-hybridized carbons (Fsp3) is 0.467. The van der Waals surface area contributed by atoms with Crippen molar-refractivity contribution in [1.29, 1.82) is 0 Å². The summed E-state index contributed by atoms with van der Waals surface area (Å²) < 4.78 is 9.83. The van der Waals surface area contributed by atoms with Crippen LogP contribution < -0.4 is 10.5 Å². The number of rotatable bonds is 9. The number of benzene rings is 1. The predicted octanol–water partition coefficient (Wildman–Crippen LogP) is 0.856. The molecule has 0 saturated carbocycles. The van der Waals surface area contributed by atoms with Gasteiger partial charge in [-0.05, 0) is 36.6 Å². The van der Waals surface area contributed by atoms with E-state index >= 15 is 0 Å². The molecule has 9 heteroatoms. The first-order valence-electron chi connectivity index (χ1n) is 7.19. The number of methoxy groups -OCH3 is 1. The summed E-state index contributed by atoms with van der Waals surface area (Å²) >= 11 is 1.57. The van der Waals surface area contributed by atoms with Crippen LogP contribution in [0.1, 0.15) is 16.8 Å². The molecule has 0 aliphatic heterocycles. The Morgan fingerprint density at radius 3 is 2.75 bits per heavy atom. The molecule has 4 N–H and O–H groups in total. The molecule has 1 aromatic carbocycles. The summed E-state index contributed by atoms with van der Waals surface area (Å²) in [5.74, 6) is -0.553. The number of carbonyl (C=O) groups excluding carboxylic acids is 2. The minimum absolute atomic E-state index is 0.112. The van der Waals surface area contributed by atoms with Gasteiger partial charge in [-0.3, -0.25) is 14.8 Å². The molecule has 0 aliphatic rings. The van der Waals surface area contributed by atoms with Crippen LogP contribution in [0.5, 0.6) is 11.5 Å². The van der Waals surface area contributed by atoms with E-state index in [0.717, 1.165) is 5.75 Å². The predicted molar refractivity (Wildman–Crippen MR) is 89.4 cm³/mol. The van der Waals surface area contributed by atoms with Gasteiger partial charge in [0.05, 0.1) is 13.7 Å². The number of phenolic OH excluding ortho intramolecular Hbond substituents is 1. The van der Waals surface area contributed by atoms with E-state index in [4.69, 9.17) is 15.2 Å². The Kier molecular flexibility index (Phi) is 8.37. The second kappa shape index (κ2) is 10.0. The molecule has 24 heavy (non-hydrogen) atoms. The first kappa shape index (κ1) is 20.1. The molecule has 0 bridgehead atoms. The van der Waals surface area contributed by atoms with Crippen molar-refractivity contribution < 1.29 is 29.4 Å². The van der Waals surface area contributed by atoms with E-state index < -0.39 is 17.9 Å². The largest absolute Gasteiger partial charge is 0.504 e. The SMILES string of the molecule is COc1cc(C(=O)N(O)CCOC(=O)[C@@H](N)CCSC)ccc1O. The Bertz CT molecular complexity index is 569. The van der Waals surface area contributed by atoms with Crippen LogP contribution in [-0.4, -0.2) is 65.6 Å². The van der Waals surface area contributed by atoms with E-state index in [1.807, 2.05) is 6.26 Å². The molecule has 0 aromatic heterocycles. The zero-order chi connectivity index (χ0) is 18.1. The Morgan fingerprint density at radius 1 is 1.42 bits per heavy atom. The Morgan fingerprint density at radius 2 is 2.12 bits per heavy atom. The van der Waals surface area contributed by atoms with E-state index in [9.17, 15) is 19.9 Å². The normalized spacial score (nSPS) is 11.7. The lowest BCUT2D eigenvalue weighted by Crippen LogP contribution is -2.36. The van der Waals surface area contributed by atoms with Gasteiger partial charge in [-0.2, -0.15) is 11.8 Å². The fourth-order valence-corrected chi connectivity index (χ4v) is 2.25. The summed E-state index contributed by atoms with van der Waals surface area (Å²) in [4.78, 5) is 23.7. The van der Waals surface area contributed by atoms with Gasteiger partial charge in [0.2, 0.25) is 0 Å². The van der Waals surface area contributed by atoms with Crippen LogP contribution in [0, 0.1) is 0 Å². The van der Waals surface area contributed by atoms with Gasteiger partial charge in [0.25, 0.3) is 5.91 Å². The topological polar surface area (TPSA) is 122 Å². The molecule has 0 radical (unpaired) electrons. The lowest BCUT2D eigenvalue weighted by atomic mass is 10.2. The maximum atomic E-state index is 12.0. The summed E-state index contributed by atoms with van der Waals surface area (Å²) in [7, 11) is 1.35. The summed E-state index contributed by atoms with van der Waals surface area (Å²) in [6.07, 6.45) is 2.40. The molecule has 1 rings (SSSR count). The molecule has 0 aliphatic carbocycles. The standard InChI is InChI=1S/C15H22N2O6S/c1-22-13-9-10(3-4-12(13)18)14(19)17(21)6-7-23-15(20)11(16)5-8-24-2/h3-4,9,11,18,21H,5-8,16H2,1-2H3/t11-/m0/s1. The highest BCUT2D eigenvalue weighted by atomic mass is 32.2. The molecule has 1 amide bonds. The number of nitrogens with two attached hydrogens (primary N) is 1. The molecule has 0 unspecified atom stereocenters. The molecule has 134 valence electrons. The molecule has 0 heterocycles. The quantitative estimate of drug-likeness (QED) is 0.337. The number of hydrogen-bond acceptors (Lipinski definition) is 8. The zero-order valence-electron chi connectivity index (χ0n) is 13.6. The third-order valence-electron chi connectivity index (χ3n) is 3.14. The van der Waals surface area contributed by atoms with Crippen molar-refractivity contribution in [3.8, 4) is 11.5 Å². The van der Waals surface area contributed by atoms with Crippen molar-refractivity contribution in [2.24, 2.45) is 5.73 Å². The highest BCUT2D eigenvalue weighted by Crippen LogP contribution is 2.26. The second-order valence-corrected chi connectivity index (χ2v) is 5.86. The van der Waals surface area contributed by atoms with Gasteiger partial charge in [-0.25, -0.2) is 5.06 Å². The minimum atomic E-state index is -0.721. The first-order valence-corrected chi connectivity index (χ1v) is 8.59. The van der Waals surface area contributed by atoms with Gasteiger partial charge >= 0.3 is 5.97 Å². The second-order valence-electron chi connectivity index (χ2n) is 4.87. The van der Waals surface area contributed by atoms with Gasteiger partial charge in [0, 0.05) is 5.56 Å². The number of thioether (sulfide) groups is 1. The molecule has 0 spiro atoms. The van der Waals surface area contributed by atoms with Crippen LogP contribution in [0.15, 0.2) is 18.2 Å². The number of nitrogens with zero attached hydrogens (tertiary/aromatic N) is 1. The van der Waals surface area contributed by atoms with E-state index in [1.165, 1.54) is 25.3 Å². The van der Waals surface area contributed by atoms with Crippen LogP contribution in [0.3, 0.4) is 0 Å². The maximum absolute atomic E-state index is 12.0. The minimum Gasteiger partial charge on any atom is -0.504 e. The summed E-state index contributed by atoms with van der Waals surface area (Å²) in [6, 6.07) is 3.20. The van der Waals surface area contributed by atoms with Crippen LogP contribution >= 0.6 is 11.8 Å². The average molecular weight is 358 g/mol. The molecule has 1 aromatic rings. The van der Waals surface area contributed by atoms with Crippen molar-refractivity contribution in [3.63, 3.8) is 0 Å². The summed E-state index contributed by atoms with van der Waals surface area (Å²) in [6.45, 7) is -0.383. The number of carbonyl (C=O) groups is 2. The summed E-state index contributed by atoms with van der Waals surface area (Å²) in [5, 5.41) is 19.7. The average Bonchev–Trinajstić information content (AvgIpc) is 2.59. The van der Waals surface area contributed by atoms with Crippen molar-refractivity contribution in [3.05, 3.63) is 23.8 Å². The fourth-order valence-electron chi connectivity index (χ4n) is 1.76. The lowest BCUT2D eigenvalue weighted by molar-refractivity contribution is -0.148. The van der Waals surface area contributed by atoms with Gasteiger partial charge in [0.15, 0.2) is 11.5 Å². The Balaban J connectivity index is 2.49. The highest BCUT2D eigenvalue weighted by molar-refractivity contribution is 7.98.